The van der Waals surface area contributed by atoms with Crippen molar-refractivity contribution in [1.29, 1.82) is 0 Å². The average molecular weight is 259 g/mol. The quantitative estimate of drug-likeness (QED) is 0.913. The summed E-state index contributed by atoms with van der Waals surface area (Å²) in [5.41, 5.74) is 6.24. The summed E-state index contributed by atoms with van der Waals surface area (Å²) in [5, 5.41) is 0. The standard InChI is InChI=1S/C14H17N3O2/c1-10-3-5-12(19-10)6-8-14(18)17(2)11-4-7-13(15)16-9-11/h3-5,7,9H,6,8H2,1-2H3,(H2,15,16). The summed E-state index contributed by atoms with van der Waals surface area (Å²) in [5.74, 6) is 2.14. The number of nitrogens with two attached hydrogens (primary N) is 1. The lowest BCUT2D eigenvalue weighted by atomic mass is 10.2. The minimum Gasteiger partial charge on any atom is -0.466 e. The smallest absolute Gasteiger partial charge is 0.227 e. The van der Waals surface area contributed by atoms with Crippen molar-refractivity contribution in [2.24, 2.45) is 0 Å². The Kier molecular flexibility index (Phi) is 3.85. The summed E-state index contributed by atoms with van der Waals surface area (Å²) < 4.78 is 5.44. The number of hydrogen-bond acceptors (Lipinski definition) is 4. The second-order valence-electron chi connectivity index (χ2n) is 4.41. The summed E-state index contributed by atoms with van der Waals surface area (Å²) in [6.45, 7) is 1.89. The number of anilines is 2. The molecule has 0 bridgehead atoms. The SMILES string of the molecule is Cc1ccc(CCC(=O)N(C)c2ccc(N)nc2)o1. The molecule has 2 heterocycles. The molecule has 2 rings (SSSR count). The van der Waals surface area contributed by atoms with Gasteiger partial charge in [0.05, 0.1) is 11.9 Å². The highest BCUT2D eigenvalue weighted by Crippen LogP contribution is 2.15. The van der Waals surface area contributed by atoms with Crippen LogP contribution in [0.5, 0.6) is 0 Å². The third kappa shape index (κ3) is 3.34. The Morgan fingerprint density at radius 2 is 2.16 bits per heavy atom. The maximum absolute atomic E-state index is 12.0. The first kappa shape index (κ1) is 13.1. The lowest BCUT2D eigenvalue weighted by Crippen LogP contribution is -2.26. The van der Waals surface area contributed by atoms with Gasteiger partial charge in [-0.2, -0.15) is 0 Å². The Morgan fingerprint density at radius 3 is 2.74 bits per heavy atom. The second-order valence-corrected chi connectivity index (χ2v) is 4.41. The van der Waals surface area contributed by atoms with Gasteiger partial charge in [0.1, 0.15) is 17.3 Å². The van der Waals surface area contributed by atoms with Crippen molar-refractivity contribution in [1.82, 2.24) is 4.98 Å². The van der Waals surface area contributed by atoms with Crippen LogP contribution in [0.4, 0.5) is 11.5 Å². The third-order valence-corrected chi connectivity index (χ3v) is 2.91. The fourth-order valence-corrected chi connectivity index (χ4v) is 1.76. The number of rotatable bonds is 4. The minimum atomic E-state index is 0.0145. The van der Waals surface area contributed by atoms with E-state index < -0.39 is 0 Å². The van der Waals surface area contributed by atoms with E-state index in [0.717, 1.165) is 17.2 Å². The molecule has 0 unspecified atom stereocenters. The average Bonchev–Trinajstić information content (AvgIpc) is 2.82. The first-order valence-corrected chi connectivity index (χ1v) is 6.09. The van der Waals surface area contributed by atoms with Crippen LogP contribution < -0.4 is 10.6 Å². The second kappa shape index (κ2) is 5.56. The highest BCUT2D eigenvalue weighted by molar-refractivity contribution is 5.92. The molecule has 0 radical (unpaired) electrons. The highest BCUT2D eigenvalue weighted by Gasteiger charge is 2.12. The number of hydrogen-bond donors (Lipinski definition) is 1. The van der Waals surface area contributed by atoms with Gasteiger partial charge in [0, 0.05) is 19.9 Å². The van der Waals surface area contributed by atoms with Crippen LogP contribution in [0.1, 0.15) is 17.9 Å². The van der Waals surface area contributed by atoms with Gasteiger partial charge in [0.15, 0.2) is 0 Å². The molecule has 0 fully saturated rings. The first-order chi connectivity index (χ1) is 9.06. The Hall–Kier alpha value is -2.30. The van der Waals surface area contributed by atoms with Gasteiger partial charge in [-0.3, -0.25) is 4.79 Å². The molecular weight excluding hydrogens is 242 g/mol. The molecule has 0 saturated carbocycles. The molecule has 0 spiro atoms. The molecule has 0 aliphatic heterocycles. The molecule has 5 nitrogen and oxygen atoms in total. The Bertz CT molecular complexity index is 560. The number of pyridine rings is 1. The number of nitrogen functional groups attached to an aromatic ring is 1. The molecule has 2 aromatic rings. The number of carbonyl (C=O) groups excluding carboxylic acids is 1. The van der Waals surface area contributed by atoms with Crippen LogP contribution in [0.25, 0.3) is 0 Å². The van der Waals surface area contributed by atoms with Crippen molar-refractivity contribution in [3.63, 3.8) is 0 Å². The summed E-state index contributed by atoms with van der Waals surface area (Å²) in [7, 11) is 1.73. The van der Waals surface area contributed by atoms with Crippen molar-refractivity contribution >= 4 is 17.4 Å². The number of furan rings is 1. The van der Waals surface area contributed by atoms with Crippen molar-refractivity contribution in [2.45, 2.75) is 19.8 Å². The predicted molar refractivity (Wildman–Crippen MR) is 73.8 cm³/mol. The van der Waals surface area contributed by atoms with Crippen LogP contribution in [0, 0.1) is 6.92 Å². The molecular formula is C14H17N3O2. The van der Waals surface area contributed by atoms with Crippen LogP contribution >= 0.6 is 0 Å². The Morgan fingerprint density at radius 1 is 1.37 bits per heavy atom. The normalized spacial score (nSPS) is 10.4. The summed E-state index contributed by atoms with van der Waals surface area (Å²) in [6.07, 6.45) is 2.58. The highest BCUT2D eigenvalue weighted by atomic mass is 16.3. The molecule has 2 N–H and O–H groups in total. The number of amides is 1. The fourth-order valence-electron chi connectivity index (χ4n) is 1.76. The van der Waals surface area contributed by atoms with Crippen molar-refractivity contribution in [3.8, 4) is 0 Å². The molecule has 0 atom stereocenters. The fraction of sp³-hybridized carbons (Fsp3) is 0.286. The molecule has 5 heteroatoms. The van der Waals surface area contributed by atoms with Gasteiger partial charge in [-0.25, -0.2) is 4.98 Å². The molecule has 100 valence electrons. The van der Waals surface area contributed by atoms with Gasteiger partial charge in [0.2, 0.25) is 5.91 Å². The van der Waals surface area contributed by atoms with Gasteiger partial charge in [0.25, 0.3) is 0 Å². The van der Waals surface area contributed by atoms with Crippen LogP contribution in [-0.2, 0) is 11.2 Å². The van der Waals surface area contributed by atoms with E-state index in [0.29, 0.717) is 18.7 Å². The largest absolute Gasteiger partial charge is 0.466 e. The van der Waals surface area contributed by atoms with Gasteiger partial charge in [-0.1, -0.05) is 0 Å². The Labute approximate surface area is 112 Å². The Balaban J connectivity index is 1.94. The lowest BCUT2D eigenvalue weighted by molar-refractivity contribution is -0.118. The predicted octanol–water partition coefficient (Wildman–Crippen LogP) is 2.16. The first-order valence-electron chi connectivity index (χ1n) is 6.09. The number of aryl methyl sites for hydroxylation is 2. The van der Waals surface area contributed by atoms with E-state index in [-0.39, 0.29) is 5.91 Å². The zero-order valence-corrected chi connectivity index (χ0v) is 11.1. The van der Waals surface area contributed by atoms with Crippen molar-refractivity contribution < 1.29 is 9.21 Å². The molecule has 19 heavy (non-hydrogen) atoms. The number of carbonyl (C=O) groups is 1. The molecule has 0 aliphatic carbocycles. The zero-order valence-electron chi connectivity index (χ0n) is 11.1. The molecule has 0 aliphatic rings. The minimum absolute atomic E-state index is 0.0145. The van der Waals surface area contributed by atoms with Crippen LogP contribution in [0.3, 0.4) is 0 Å². The molecule has 1 amide bonds. The molecule has 0 saturated heterocycles. The summed E-state index contributed by atoms with van der Waals surface area (Å²) >= 11 is 0. The monoisotopic (exact) mass is 259 g/mol. The molecule has 0 aromatic carbocycles. The number of nitrogens with zero attached hydrogens (tertiary/aromatic N) is 2. The lowest BCUT2D eigenvalue weighted by Gasteiger charge is -2.16. The van der Waals surface area contributed by atoms with Crippen molar-refractivity contribution in [2.75, 3.05) is 17.7 Å². The summed E-state index contributed by atoms with van der Waals surface area (Å²) in [6, 6.07) is 7.24. The van der Waals surface area contributed by atoms with E-state index in [2.05, 4.69) is 4.98 Å². The van der Waals surface area contributed by atoms with Crippen LogP contribution in [-0.4, -0.2) is 17.9 Å². The van der Waals surface area contributed by atoms with Crippen LogP contribution in [0.2, 0.25) is 0 Å². The van der Waals surface area contributed by atoms with E-state index in [9.17, 15) is 4.79 Å². The van der Waals surface area contributed by atoms with Gasteiger partial charge >= 0.3 is 0 Å². The van der Waals surface area contributed by atoms with Gasteiger partial charge in [-0.05, 0) is 31.2 Å². The topological polar surface area (TPSA) is 72.4 Å². The van der Waals surface area contributed by atoms with Gasteiger partial charge in [-0.15, -0.1) is 0 Å². The van der Waals surface area contributed by atoms with Gasteiger partial charge < -0.3 is 15.1 Å². The zero-order chi connectivity index (χ0) is 13.8. The van der Waals surface area contributed by atoms with Crippen molar-refractivity contribution in [3.05, 3.63) is 42.0 Å². The van der Waals surface area contributed by atoms with E-state index in [1.165, 1.54) is 0 Å². The van der Waals surface area contributed by atoms with Crippen LogP contribution in [0.15, 0.2) is 34.9 Å². The maximum atomic E-state index is 12.0. The van der Waals surface area contributed by atoms with E-state index >= 15 is 0 Å². The van der Waals surface area contributed by atoms with E-state index in [1.54, 1.807) is 30.3 Å². The molecule has 2 aromatic heterocycles. The maximum Gasteiger partial charge on any atom is 0.227 e. The van der Waals surface area contributed by atoms with E-state index in [4.69, 9.17) is 10.2 Å². The summed E-state index contributed by atoms with van der Waals surface area (Å²) in [4.78, 5) is 17.6. The van der Waals surface area contributed by atoms with E-state index in [1.807, 2.05) is 19.1 Å². The third-order valence-electron chi connectivity index (χ3n) is 2.91. The number of aromatic nitrogens is 1.